The molecule has 0 aliphatic rings. The molecular weight excluding hydrogens is 274 g/mol. The molecular formula is C12H12ClNO3S. The van der Waals surface area contributed by atoms with Gasteiger partial charge in [0.05, 0.1) is 10.6 Å². The molecule has 2 aromatic rings. The van der Waals surface area contributed by atoms with Crippen LogP contribution in [-0.4, -0.2) is 19.6 Å². The van der Waals surface area contributed by atoms with Crippen molar-refractivity contribution in [1.29, 1.82) is 0 Å². The maximum atomic E-state index is 11.7. The van der Waals surface area contributed by atoms with E-state index in [1.165, 1.54) is 17.6 Å². The molecule has 0 bridgehead atoms. The van der Waals surface area contributed by atoms with Gasteiger partial charge in [-0.1, -0.05) is 11.6 Å². The number of amides is 1. The second-order valence-electron chi connectivity index (χ2n) is 3.55. The van der Waals surface area contributed by atoms with Crippen LogP contribution >= 0.6 is 22.9 Å². The number of thiophene rings is 1. The first-order valence-electron chi connectivity index (χ1n) is 5.30. The molecule has 0 saturated heterocycles. The van der Waals surface area contributed by atoms with Crippen molar-refractivity contribution in [3.05, 3.63) is 45.5 Å². The van der Waals surface area contributed by atoms with Crippen molar-refractivity contribution in [3.63, 3.8) is 0 Å². The van der Waals surface area contributed by atoms with Gasteiger partial charge in [0, 0.05) is 18.5 Å². The summed E-state index contributed by atoms with van der Waals surface area (Å²) in [6.45, 7) is 0.368. The van der Waals surface area contributed by atoms with Crippen LogP contribution in [0.15, 0.2) is 34.9 Å². The topological polar surface area (TPSA) is 51.5 Å². The van der Waals surface area contributed by atoms with Crippen LogP contribution in [0.3, 0.4) is 0 Å². The van der Waals surface area contributed by atoms with Gasteiger partial charge in [0.25, 0.3) is 5.91 Å². The Morgan fingerprint density at radius 3 is 2.94 bits per heavy atom. The van der Waals surface area contributed by atoms with Gasteiger partial charge in [-0.25, -0.2) is 0 Å². The number of furan rings is 1. The number of hydrogen-bond acceptors (Lipinski definition) is 4. The largest absolute Gasteiger partial charge is 0.459 e. The first-order valence-corrected chi connectivity index (χ1v) is 6.50. The number of carbonyl (C=O) groups excluding carboxylic acids is 1. The van der Waals surface area contributed by atoms with Crippen molar-refractivity contribution in [2.75, 3.05) is 13.7 Å². The molecule has 0 spiro atoms. The van der Waals surface area contributed by atoms with E-state index in [1.807, 2.05) is 12.1 Å². The maximum Gasteiger partial charge on any atom is 0.287 e. The Kier molecular flexibility index (Phi) is 4.41. The third-order valence-corrected chi connectivity index (χ3v) is 3.71. The van der Waals surface area contributed by atoms with Crippen molar-refractivity contribution in [1.82, 2.24) is 5.32 Å². The van der Waals surface area contributed by atoms with E-state index in [2.05, 4.69) is 5.32 Å². The highest BCUT2D eigenvalue weighted by atomic mass is 35.5. The lowest BCUT2D eigenvalue weighted by atomic mass is 10.3. The van der Waals surface area contributed by atoms with Gasteiger partial charge in [0.2, 0.25) is 0 Å². The third-order valence-electron chi connectivity index (χ3n) is 2.39. The number of ether oxygens (including phenoxy) is 1. The lowest BCUT2D eigenvalue weighted by molar-refractivity contribution is 0.0816. The van der Waals surface area contributed by atoms with Gasteiger partial charge in [-0.15, -0.1) is 11.3 Å². The van der Waals surface area contributed by atoms with Crippen molar-refractivity contribution in [2.45, 2.75) is 6.10 Å². The van der Waals surface area contributed by atoms with Gasteiger partial charge in [-0.05, 0) is 24.3 Å². The average molecular weight is 286 g/mol. The highest BCUT2D eigenvalue weighted by molar-refractivity contribution is 7.16. The molecule has 6 heteroatoms. The molecule has 2 aromatic heterocycles. The van der Waals surface area contributed by atoms with E-state index < -0.39 is 0 Å². The Hall–Kier alpha value is -1.30. The van der Waals surface area contributed by atoms with E-state index in [0.29, 0.717) is 10.9 Å². The molecule has 0 aliphatic heterocycles. The smallest absolute Gasteiger partial charge is 0.287 e. The van der Waals surface area contributed by atoms with Crippen molar-refractivity contribution < 1.29 is 13.9 Å². The fourth-order valence-corrected chi connectivity index (χ4v) is 2.62. The number of methoxy groups -OCH3 is 1. The molecule has 2 heterocycles. The van der Waals surface area contributed by atoms with Gasteiger partial charge in [-0.2, -0.15) is 0 Å². The second-order valence-corrected chi connectivity index (χ2v) is 5.30. The Morgan fingerprint density at radius 2 is 2.39 bits per heavy atom. The molecule has 0 radical (unpaired) electrons. The van der Waals surface area contributed by atoms with Gasteiger partial charge >= 0.3 is 0 Å². The lowest BCUT2D eigenvalue weighted by Crippen LogP contribution is -2.28. The first kappa shape index (κ1) is 13.1. The van der Waals surface area contributed by atoms with Crippen LogP contribution < -0.4 is 5.32 Å². The Morgan fingerprint density at radius 1 is 1.56 bits per heavy atom. The predicted octanol–water partition coefficient (Wildman–Crippen LogP) is 3.11. The third kappa shape index (κ3) is 3.13. The summed E-state index contributed by atoms with van der Waals surface area (Å²) in [5.41, 5.74) is 0. The molecule has 4 nitrogen and oxygen atoms in total. The predicted molar refractivity (Wildman–Crippen MR) is 70.1 cm³/mol. The zero-order chi connectivity index (χ0) is 13.0. The molecule has 0 aromatic carbocycles. The summed E-state index contributed by atoms with van der Waals surface area (Å²) in [5, 5.41) is 2.75. The van der Waals surface area contributed by atoms with Crippen LogP contribution in [0.1, 0.15) is 21.5 Å². The summed E-state index contributed by atoms with van der Waals surface area (Å²) in [5.74, 6) is 0.0266. The lowest BCUT2D eigenvalue weighted by Gasteiger charge is -2.13. The van der Waals surface area contributed by atoms with E-state index >= 15 is 0 Å². The van der Waals surface area contributed by atoms with Crippen LogP contribution in [0.4, 0.5) is 0 Å². The normalized spacial score (nSPS) is 12.3. The van der Waals surface area contributed by atoms with Crippen LogP contribution in [0, 0.1) is 0 Å². The minimum Gasteiger partial charge on any atom is -0.459 e. The quantitative estimate of drug-likeness (QED) is 0.918. The van der Waals surface area contributed by atoms with Crippen LogP contribution in [-0.2, 0) is 4.74 Å². The number of carbonyl (C=O) groups is 1. The SMILES string of the molecule is CO[C@@H](CNC(=O)c1ccco1)c1ccc(Cl)s1. The molecule has 0 unspecified atom stereocenters. The first-order chi connectivity index (χ1) is 8.70. The average Bonchev–Trinajstić information content (AvgIpc) is 3.01. The maximum absolute atomic E-state index is 11.7. The summed E-state index contributed by atoms with van der Waals surface area (Å²) in [7, 11) is 1.59. The zero-order valence-electron chi connectivity index (χ0n) is 9.68. The van der Waals surface area contributed by atoms with Crippen LogP contribution in [0.2, 0.25) is 4.34 Å². The summed E-state index contributed by atoms with van der Waals surface area (Å²) in [6.07, 6.45) is 1.25. The molecule has 1 N–H and O–H groups in total. The highest BCUT2D eigenvalue weighted by Crippen LogP contribution is 2.28. The molecule has 18 heavy (non-hydrogen) atoms. The molecule has 1 amide bonds. The summed E-state index contributed by atoms with van der Waals surface area (Å²) in [4.78, 5) is 12.7. The fraction of sp³-hybridized carbons (Fsp3) is 0.250. The van der Waals surface area contributed by atoms with Gasteiger partial charge in [0.1, 0.15) is 6.10 Å². The van der Waals surface area contributed by atoms with Crippen LogP contribution in [0.5, 0.6) is 0 Å². The monoisotopic (exact) mass is 285 g/mol. The minimum absolute atomic E-state index is 0.207. The summed E-state index contributed by atoms with van der Waals surface area (Å²) < 4.78 is 11.0. The summed E-state index contributed by atoms with van der Waals surface area (Å²) in [6, 6.07) is 6.98. The Bertz CT molecular complexity index is 509. The number of halogens is 1. The van der Waals surface area contributed by atoms with E-state index in [4.69, 9.17) is 20.8 Å². The second kappa shape index (κ2) is 6.04. The summed E-state index contributed by atoms with van der Waals surface area (Å²) >= 11 is 7.30. The van der Waals surface area contributed by atoms with Gasteiger partial charge in [0.15, 0.2) is 5.76 Å². The van der Waals surface area contributed by atoms with Crippen molar-refractivity contribution in [2.24, 2.45) is 0 Å². The van der Waals surface area contributed by atoms with Gasteiger partial charge in [-0.3, -0.25) is 4.79 Å². The molecule has 0 fully saturated rings. The number of rotatable bonds is 5. The molecule has 2 rings (SSSR count). The standard InChI is InChI=1S/C12H12ClNO3S/c1-16-9(10-4-5-11(13)18-10)7-14-12(15)8-3-2-6-17-8/h2-6,9H,7H2,1H3,(H,14,15)/t9-/m0/s1. The van der Waals surface area contributed by atoms with E-state index in [1.54, 1.807) is 19.2 Å². The van der Waals surface area contributed by atoms with E-state index in [-0.39, 0.29) is 17.8 Å². The Labute approximate surface area is 114 Å². The zero-order valence-corrected chi connectivity index (χ0v) is 11.3. The van der Waals surface area contributed by atoms with Crippen molar-refractivity contribution >= 4 is 28.8 Å². The van der Waals surface area contributed by atoms with Gasteiger partial charge < -0.3 is 14.5 Å². The molecule has 1 atom stereocenters. The Balaban J connectivity index is 1.94. The minimum atomic E-state index is -0.260. The fourth-order valence-electron chi connectivity index (χ4n) is 1.48. The number of hydrogen-bond donors (Lipinski definition) is 1. The van der Waals surface area contributed by atoms with Crippen LogP contribution in [0.25, 0.3) is 0 Å². The van der Waals surface area contributed by atoms with Crippen molar-refractivity contribution in [3.8, 4) is 0 Å². The number of nitrogens with one attached hydrogen (secondary N) is 1. The van der Waals surface area contributed by atoms with E-state index in [9.17, 15) is 4.79 Å². The molecule has 96 valence electrons. The molecule has 0 saturated carbocycles. The van der Waals surface area contributed by atoms with E-state index in [0.717, 1.165) is 4.88 Å². The highest BCUT2D eigenvalue weighted by Gasteiger charge is 2.15. The molecule has 0 aliphatic carbocycles.